The summed E-state index contributed by atoms with van der Waals surface area (Å²) in [6, 6.07) is 14.0. The summed E-state index contributed by atoms with van der Waals surface area (Å²) in [5.41, 5.74) is 2.56. The van der Waals surface area contributed by atoms with Gasteiger partial charge in [-0.1, -0.05) is 36.0 Å². The van der Waals surface area contributed by atoms with Crippen LogP contribution in [0.1, 0.15) is 15.9 Å². The van der Waals surface area contributed by atoms with Gasteiger partial charge in [-0.3, -0.25) is 9.36 Å². The Morgan fingerprint density at radius 3 is 2.70 bits per heavy atom. The van der Waals surface area contributed by atoms with Crippen LogP contribution in [0.4, 0.5) is 5.69 Å². The molecule has 7 nitrogen and oxygen atoms in total. The molecule has 30 heavy (non-hydrogen) atoms. The minimum absolute atomic E-state index is 0.139. The standard InChI is InChI=1S/C21H22N4O3S2/c1-3-11-23-30(27,28)15-16-7-9-18(10-8-16)24-20(26)17-5-4-6-19(14-17)25-13-12-22-21(25)29-2/h3-10,12-14,23H,1,11,15H2,2H3,(H,24,26). The molecule has 1 aromatic heterocycles. The van der Waals surface area contributed by atoms with Crippen molar-refractivity contribution in [1.82, 2.24) is 14.3 Å². The van der Waals surface area contributed by atoms with Crippen LogP contribution in [0.2, 0.25) is 0 Å². The van der Waals surface area contributed by atoms with Gasteiger partial charge in [0.15, 0.2) is 5.16 Å². The Morgan fingerprint density at radius 1 is 1.23 bits per heavy atom. The van der Waals surface area contributed by atoms with Crippen molar-refractivity contribution in [2.24, 2.45) is 0 Å². The van der Waals surface area contributed by atoms with Crippen molar-refractivity contribution < 1.29 is 13.2 Å². The lowest BCUT2D eigenvalue weighted by Gasteiger charge is -2.10. The van der Waals surface area contributed by atoms with E-state index in [1.165, 1.54) is 17.8 Å². The topological polar surface area (TPSA) is 93.1 Å². The first-order valence-electron chi connectivity index (χ1n) is 9.08. The van der Waals surface area contributed by atoms with Gasteiger partial charge in [-0.25, -0.2) is 18.1 Å². The SMILES string of the molecule is C=CCNS(=O)(=O)Cc1ccc(NC(=O)c2cccc(-n3ccnc3SC)c2)cc1. The summed E-state index contributed by atoms with van der Waals surface area (Å²) in [6.07, 6.45) is 6.99. The van der Waals surface area contributed by atoms with Crippen LogP contribution in [-0.4, -0.2) is 36.7 Å². The Hall–Kier alpha value is -2.88. The summed E-state index contributed by atoms with van der Waals surface area (Å²) in [4.78, 5) is 16.9. The lowest BCUT2D eigenvalue weighted by molar-refractivity contribution is 0.102. The third-order valence-corrected chi connectivity index (χ3v) is 6.18. The smallest absolute Gasteiger partial charge is 0.255 e. The van der Waals surface area contributed by atoms with E-state index in [0.717, 1.165) is 10.8 Å². The fraction of sp³-hybridized carbons (Fsp3) is 0.143. The summed E-state index contributed by atoms with van der Waals surface area (Å²) in [6.45, 7) is 3.68. The maximum atomic E-state index is 12.7. The van der Waals surface area contributed by atoms with Gasteiger partial charge in [0.2, 0.25) is 10.0 Å². The number of carbonyl (C=O) groups excluding carboxylic acids is 1. The fourth-order valence-electron chi connectivity index (χ4n) is 2.78. The van der Waals surface area contributed by atoms with E-state index in [0.29, 0.717) is 16.8 Å². The Kier molecular flexibility index (Phi) is 7.09. The van der Waals surface area contributed by atoms with Crippen LogP contribution in [-0.2, 0) is 15.8 Å². The zero-order valence-electron chi connectivity index (χ0n) is 16.4. The molecule has 0 fully saturated rings. The average Bonchev–Trinajstić information content (AvgIpc) is 3.22. The van der Waals surface area contributed by atoms with Gasteiger partial charge in [-0.05, 0) is 42.2 Å². The Bertz CT molecular complexity index is 1140. The molecule has 156 valence electrons. The molecule has 3 rings (SSSR count). The van der Waals surface area contributed by atoms with Crippen molar-refractivity contribution in [2.75, 3.05) is 18.1 Å². The van der Waals surface area contributed by atoms with Gasteiger partial charge in [-0.2, -0.15) is 0 Å². The molecule has 0 aliphatic rings. The van der Waals surface area contributed by atoms with E-state index in [-0.39, 0.29) is 18.2 Å². The first kappa shape index (κ1) is 21.8. The highest BCUT2D eigenvalue weighted by molar-refractivity contribution is 7.98. The van der Waals surface area contributed by atoms with Gasteiger partial charge in [-0.15, -0.1) is 6.58 Å². The van der Waals surface area contributed by atoms with Crippen molar-refractivity contribution in [2.45, 2.75) is 10.9 Å². The zero-order chi connectivity index (χ0) is 21.6. The van der Waals surface area contributed by atoms with E-state index in [1.54, 1.807) is 42.6 Å². The number of anilines is 1. The molecular formula is C21H22N4O3S2. The lowest BCUT2D eigenvalue weighted by atomic mass is 10.1. The van der Waals surface area contributed by atoms with E-state index in [9.17, 15) is 13.2 Å². The molecule has 0 bridgehead atoms. The monoisotopic (exact) mass is 442 g/mol. The molecule has 0 saturated heterocycles. The summed E-state index contributed by atoms with van der Waals surface area (Å²) < 4.78 is 28.2. The zero-order valence-corrected chi connectivity index (χ0v) is 18.0. The van der Waals surface area contributed by atoms with Crippen LogP contribution >= 0.6 is 11.8 Å². The first-order valence-corrected chi connectivity index (χ1v) is 12.0. The molecule has 9 heteroatoms. The van der Waals surface area contributed by atoms with Crippen molar-refractivity contribution >= 4 is 33.4 Å². The number of thioether (sulfide) groups is 1. The van der Waals surface area contributed by atoms with E-state index in [2.05, 4.69) is 21.6 Å². The van der Waals surface area contributed by atoms with E-state index < -0.39 is 10.0 Å². The van der Waals surface area contributed by atoms with Crippen LogP contribution in [0.25, 0.3) is 5.69 Å². The number of hydrogen-bond donors (Lipinski definition) is 2. The maximum absolute atomic E-state index is 12.7. The van der Waals surface area contributed by atoms with Crippen LogP contribution in [0, 0.1) is 0 Å². The Balaban J connectivity index is 1.69. The van der Waals surface area contributed by atoms with E-state index in [4.69, 9.17) is 0 Å². The van der Waals surface area contributed by atoms with Crippen molar-refractivity contribution in [3.05, 3.63) is 84.7 Å². The van der Waals surface area contributed by atoms with Crippen molar-refractivity contribution in [3.63, 3.8) is 0 Å². The number of benzene rings is 2. The molecule has 0 aliphatic carbocycles. The molecular weight excluding hydrogens is 420 g/mol. The second kappa shape index (κ2) is 9.75. The molecule has 0 aliphatic heterocycles. The second-order valence-electron chi connectivity index (χ2n) is 6.38. The third-order valence-electron chi connectivity index (χ3n) is 4.19. The van der Waals surface area contributed by atoms with Crippen molar-refractivity contribution in [1.29, 1.82) is 0 Å². The quantitative estimate of drug-likeness (QED) is 0.391. The Morgan fingerprint density at radius 2 is 2.00 bits per heavy atom. The van der Waals surface area contributed by atoms with Gasteiger partial charge < -0.3 is 5.32 Å². The number of imidazole rings is 1. The van der Waals surface area contributed by atoms with Crippen molar-refractivity contribution in [3.8, 4) is 5.69 Å². The van der Waals surface area contributed by atoms with E-state index >= 15 is 0 Å². The van der Waals surface area contributed by atoms with Crippen LogP contribution in [0.15, 0.2) is 78.7 Å². The number of hydrogen-bond acceptors (Lipinski definition) is 5. The highest BCUT2D eigenvalue weighted by Crippen LogP contribution is 2.20. The number of sulfonamides is 1. The summed E-state index contributed by atoms with van der Waals surface area (Å²) in [5, 5.41) is 3.67. The number of carbonyl (C=O) groups is 1. The second-order valence-corrected chi connectivity index (χ2v) is 8.96. The number of aromatic nitrogens is 2. The molecule has 1 amide bonds. The Labute approximate surface area is 180 Å². The highest BCUT2D eigenvalue weighted by Gasteiger charge is 2.12. The van der Waals surface area contributed by atoms with Gasteiger partial charge in [0, 0.05) is 35.9 Å². The molecule has 0 radical (unpaired) electrons. The third kappa shape index (κ3) is 5.59. The van der Waals surface area contributed by atoms with E-state index in [1.807, 2.05) is 29.2 Å². The largest absolute Gasteiger partial charge is 0.322 e. The van der Waals surface area contributed by atoms with Gasteiger partial charge in [0.1, 0.15) is 0 Å². The highest BCUT2D eigenvalue weighted by atomic mass is 32.2. The molecule has 3 aromatic rings. The summed E-state index contributed by atoms with van der Waals surface area (Å²) in [7, 11) is -3.43. The lowest BCUT2D eigenvalue weighted by Crippen LogP contribution is -2.25. The number of amides is 1. The molecule has 0 spiro atoms. The molecule has 0 atom stereocenters. The number of nitrogens with one attached hydrogen (secondary N) is 2. The average molecular weight is 443 g/mol. The molecule has 2 N–H and O–H groups in total. The minimum Gasteiger partial charge on any atom is -0.322 e. The van der Waals surface area contributed by atoms with Crippen LogP contribution in [0.5, 0.6) is 0 Å². The number of rotatable bonds is 9. The van der Waals surface area contributed by atoms with Gasteiger partial charge in [0.05, 0.1) is 5.75 Å². The van der Waals surface area contributed by atoms with Crippen LogP contribution < -0.4 is 10.0 Å². The molecule has 0 saturated carbocycles. The first-order chi connectivity index (χ1) is 14.4. The molecule has 1 heterocycles. The predicted molar refractivity (Wildman–Crippen MR) is 121 cm³/mol. The summed E-state index contributed by atoms with van der Waals surface area (Å²) >= 11 is 1.52. The van der Waals surface area contributed by atoms with Gasteiger partial charge >= 0.3 is 0 Å². The fourth-order valence-corrected chi connectivity index (χ4v) is 4.41. The summed E-state index contributed by atoms with van der Waals surface area (Å²) in [5.74, 6) is -0.393. The molecule has 2 aromatic carbocycles. The minimum atomic E-state index is -3.43. The number of nitrogens with zero attached hydrogens (tertiary/aromatic N) is 2. The van der Waals surface area contributed by atoms with Gasteiger partial charge in [0.25, 0.3) is 5.91 Å². The normalized spacial score (nSPS) is 11.2. The van der Waals surface area contributed by atoms with Crippen LogP contribution in [0.3, 0.4) is 0 Å². The predicted octanol–water partition coefficient (Wildman–Crippen LogP) is 3.45. The maximum Gasteiger partial charge on any atom is 0.255 e. The molecule has 0 unspecified atom stereocenters.